The molecule has 0 atom stereocenters. The topological polar surface area (TPSA) is 74.8 Å². The van der Waals surface area contributed by atoms with Crippen LogP contribution in [0.2, 0.25) is 0 Å². The molecule has 34 heavy (non-hydrogen) atoms. The van der Waals surface area contributed by atoms with Gasteiger partial charge in [0.25, 0.3) is 5.91 Å². The van der Waals surface area contributed by atoms with E-state index in [-0.39, 0.29) is 53.9 Å². The zero-order valence-electron chi connectivity index (χ0n) is 18.4. The molecule has 0 aromatic heterocycles. The van der Waals surface area contributed by atoms with E-state index in [1.807, 2.05) is 19.1 Å². The van der Waals surface area contributed by atoms with Crippen molar-refractivity contribution in [3.8, 4) is 0 Å². The smallest absolute Gasteiger partial charge is 0.254 e. The minimum Gasteiger partial charge on any atom is -0.336 e. The third-order valence-corrected chi connectivity index (χ3v) is 7.67. The standard InChI is InChI=1S/C25H22F2N2O4S/c1-17-6-8-18(9-7-17)24(30)20-4-2-3-5-21(20)25(31)28-12-14-29(15-13-28)34(32,33)19-10-11-22(26)23(27)16-19/h2-11,16H,12-15H2,1H3. The van der Waals surface area contributed by atoms with Gasteiger partial charge in [0.05, 0.1) is 10.5 Å². The van der Waals surface area contributed by atoms with E-state index in [1.165, 1.54) is 4.90 Å². The van der Waals surface area contributed by atoms with Crippen LogP contribution in [0.5, 0.6) is 0 Å². The minimum absolute atomic E-state index is 0.0128. The van der Waals surface area contributed by atoms with Gasteiger partial charge in [0.1, 0.15) is 0 Å². The molecule has 176 valence electrons. The molecule has 0 unspecified atom stereocenters. The Morgan fingerprint density at radius 2 is 1.41 bits per heavy atom. The summed E-state index contributed by atoms with van der Waals surface area (Å²) in [5.41, 5.74) is 1.99. The second-order valence-electron chi connectivity index (χ2n) is 8.01. The fraction of sp³-hybridized carbons (Fsp3) is 0.200. The van der Waals surface area contributed by atoms with Gasteiger partial charge >= 0.3 is 0 Å². The Morgan fingerprint density at radius 1 is 0.794 bits per heavy atom. The average molecular weight is 485 g/mol. The molecule has 1 heterocycles. The second-order valence-corrected chi connectivity index (χ2v) is 9.95. The molecule has 1 saturated heterocycles. The lowest BCUT2D eigenvalue weighted by atomic mass is 9.97. The maximum atomic E-state index is 13.5. The molecule has 3 aromatic rings. The molecule has 6 nitrogen and oxygen atoms in total. The van der Waals surface area contributed by atoms with Gasteiger partial charge in [-0.15, -0.1) is 0 Å². The number of halogens is 2. The van der Waals surface area contributed by atoms with E-state index in [9.17, 15) is 26.8 Å². The Balaban J connectivity index is 1.50. The van der Waals surface area contributed by atoms with Crippen molar-refractivity contribution < 1.29 is 26.8 Å². The summed E-state index contributed by atoms with van der Waals surface area (Å²) in [6.07, 6.45) is 0. The summed E-state index contributed by atoms with van der Waals surface area (Å²) < 4.78 is 53.5. The highest BCUT2D eigenvalue weighted by Crippen LogP contribution is 2.22. The van der Waals surface area contributed by atoms with Gasteiger partial charge in [0.15, 0.2) is 17.4 Å². The van der Waals surface area contributed by atoms with Gasteiger partial charge in [-0.3, -0.25) is 9.59 Å². The van der Waals surface area contributed by atoms with Crippen LogP contribution in [0.15, 0.2) is 71.6 Å². The number of aryl methyl sites for hydroxylation is 1. The lowest BCUT2D eigenvalue weighted by molar-refractivity contribution is 0.0694. The highest BCUT2D eigenvalue weighted by atomic mass is 32.2. The van der Waals surface area contributed by atoms with Crippen LogP contribution >= 0.6 is 0 Å². The van der Waals surface area contributed by atoms with Crippen molar-refractivity contribution >= 4 is 21.7 Å². The highest BCUT2D eigenvalue weighted by Gasteiger charge is 2.32. The maximum absolute atomic E-state index is 13.5. The number of benzene rings is 3. The monoisotopic (exact) mass is 484 g/mol. The average Bonchev–Trinajstić information content (AvgIpc) is 2.85. The van der Waals surface area contributed by atoms with E-state index in [1.54, 1.807) is 36.4 Å². The lowest BCUT2D eigenvalue weighted by Gasteiger charge is -2.34. The number of hydrogen-bond acceptors (Lipinski definition) is 4. The largest absolute Gasteiger partial charge is 0.336 e. The number of amides is 1. The number of carbonyl (C=O) groups excluding carboxylic acids is 2. The third-order valence-electron chi connectivity index (χ3n) is 5.77. The van der Waals surface area contributed by atoms with Crippen molar-refractivity contribution in [1.29, 1.82) is 0 Å². The van der Waals surface area contributed by atoms with E-state index in [0.717, 1.165) is 22.0 Å². The second kappa shape index (κ2) is 9.44. The zero-order chi connectivity index (χ0) is 24.5. The molecule has 1 fully saturated rings. The minimum atomic E-state index is -4.04. The number of ketones is 1. The molecular formula is C25H22F2N2O4S. The molecule has 4 rings (SSSR count). The van der Waals surface area contributed by atoms with E-state index in [4.69, 9.17) is 0 Å². The molecule has 1 aliphatic rings. The van der Waals surface area contributed by atoms with Crippen molar-refractivity contribution in [3.63, 3.8) is 0 Å². The van der Waals surface area contributed by atoms with Crippen molar-refractivity contribution in [2.45, 2.75) is 11.8 Å². The van der Waals surface area contributed by atoms with Crippen molar-refractivity contribution in [2.24, 2.45) is 0 Å². The van der Waals surface area contributed by atoms with Crippen LogP contribution in [0, 0.1) is 18.6 Å². The van der Waals surface area contributed by atoms with Crippen LogP contribution in [0.1, 0.15) is 31.8 Å². The summed E-state index contributed by atoms with van der Waals surface area (Å²) in [4.78, 5) is 27.4. The zero-order valence-corrected chi connectivity index (χ0v) is 19.2. The number of sulfonamides is 1. The Kier molecular flexibility index (Phi) is 6.58. The van der Waals surface area contributed by atoms with Gasteiger partial charge in [0, 0.05) is 37.3 Å². The molecule has 0 spiro atoms. The van der Waals surface area contributed by atoms with Gasteiger partial charge in [-0.05, 0) is 31.2 Å². The predicted octanol–water partition coefficient (Wildman–Crippen LogP) is 3.65. The van der Waals surface area contributed by atoms with Crippen molar-refractivity contribution in [1.82, 2.24) is 9.21 Å². The van der Waals surface area contributed by atoms with Crippen LogP contribution < -0.4 is 0 Å². The first kappa shape index (κ1) is 23.7. The first-order valence-corrected chi connectivity index (χ1v) is 12.1. The predicted molar refractivity (Wildman–Crippen MR) is 122 cm³/mol. The highest BCUT2D eigenvalue weighted by molar-refractivity contribution is 7.89. The van der Waals surface area contributed by atoms with Gasteiger partial charge in [-0.2, -0.15) is 4.31 Å². The van der Waals surface area contributed by atoms with Crippen LogP contribution in [-0.4, -0.2) is 55.5 Å². The molecule has 0 N–H and O–H groups in total. The van der Waals surface area contributed by atoms with Gasteiger partial charge in [0.2, 0.25) is 10.0 Å². The van der Waals surface area contributed by atoms with E-state index >= 15 is 0 Å². The van der Waals surface area contributed by atoms with Crippen molar-refractivity contribution in [2.75, 3.05) is 26.2 Å². The molecule has 9 heteroatoms. The van der Waals surface area contributed by atoms with E-state index in [0.29, 0.717) is 11.6 Å². The van der Waals surface area contributed by atoms with Gasteiger partial charge in [-0.1, -0.05) is 48.0 Å². The lowest BCUT2D eigenvalue weighted by Crippen LogP contribution is -2.50. The number of piperazine rings is 1. The Bertz CT molecular complexity index is 1350. The summed E-state index contributed by atoms with van der Waals surface area (Å²) in [6.45, 7) is 2.07. The Morgan fingerprint density at radius 3 is 2.03 bits per heavy atom. The first-order valence-electron chi connectivity index (χ1n) is 10.6. The van der Waals surface area contributed by atoms with E-state index in [2.05, 4.69) is 0 Å². The molecule has 0 bridgehead atoms. The molecule has 1 amide bonds. The molecule has 1 aliphatic heterocycles. The number of hydrogen-bond donors (Lipinski definition) is 0. The Hall–Kier alpha value is -3.43. The molecular weight excluding hydrogens is 462 g/mol. The van der Waals surface area contributed by atoms with Crippen LogP contribution in [0.4, 0.5) is 8.78 Å². The number of rotatable bonds is 5. The van der Waals surface area contributed by atoms with E-state index < -0.39 is 21.7 Å². The molecule has 3 aromatic carbocycles. The number of nitrogens with zero attached hydrogens (tertiary/aromatic N) is 2. The summed E-state index contributed by atoms with van der Waals surface area (Å²) in [5, 5.41) is 0. The maximum Gasteiger partial charge on any atom is 0.254 e. The molecule has 0 radical (unpaired) electrons. The molecule has 0 saturated carbocycles. The van der Waals surface area contributed by atoms with Crippen LogP contribution in [0.25, 0.3) is 0 Å². The first-order chi connectivity index (χ1) is 16.2. The number of carbonyl (C=O) groups is 2. The normalized spacial score (nSPS) is 14.7. The summed E-state index contributed by atoms with van der Waals surface area (Å²) in [5.74, 6) is -3.03. The van der Waals surface area contributed by atoms with Gasteiger partial charge < -0.3 is 4.90 Å². The van der Waals surface area contributed by atoms with Crippen LogP contribution in [-0.2, 0) is 10.0 Å². The molecule has 0 aliphatic carbocycles. The summed E-state index contributed by atoms with van der Waals surface area (Å²) >= 11 is 0. The fourth-order valence-corrected chi connectivity index (χ4v) is 5.25. The summed E-state index contributed by atoms with van der Waals surface area (Å²) in [7, 11) is -4.04. The summed E-state index contributed by atoms with van der Waals surface area (Å²) in [6, 6.07) is 16.0. The SMILES string of the molecule is Cc1ccc(C(=O)c2ccccc2C(=O)N2CCN(S(=O)(=O)c3ccc(F)c(F)c3)CC2)cc1. The third kappa shape index (κ3) is 4.62. The fourth-order valence-electron chi connectivity index (χ4n) is 3.82. The Labute approximate surface area is 196 Å². The van der Waals surface area contributed by atoms with Crippen LogP contribution in [0.3, 0.4) is 0 Å². The quantitative estimate of drug-likeness (QED) is 0.518. The van der Waals surface area contributed by atoms with Gasteiger partial charge in [-0.25, -0.2) is 17.2 Å². The van der Waals surface area contributed by atoms with Crippen molar-refractivity contribution in [3.05, 3.63) is 101 Å².